The molecule has 8 rings (SSSR count). The second-order valence-electron chi connectivity index (χ2n) is 16.7. The summed E-state index contributed by atoms with van der Waals surface area (Å²) in [5.74, 6) is 0.181. The SMILES string of the molecule is C=C/C(=C(\C=C/C)C(c1cccc(-c2cccc(C=C)c2/C=C\C)c1)c1ccc2c(c1)C1C(=C2)C1(C1=C(CC)C=CC1)c1cccc(/C(=C/C)c2ccccc2C)c1)N(C)NC. The first-order chi connectivity index (χ1) is 30.3. The van der Waals surface area contributed by atoms with Crippen LogP contribution in [0.1, 0.15) is 108 Å². The third kappa shape index (κ3) is 7.17. The van der Waals surface area contributed by atoms with Crippen LogP contribution in [0, 0.1) is 6.92 Å². The van der Waals surface area contributed by atoms with E-state index in [-0.39, 0.29) is 17.3 Å². The van der Waals surface area contributed by atoms with Gasteiger partial charge in [0.15, 0.2) is 0 Å². The monoisotopic (exact) mass is 808 g/mol. The van der Waals surface area contributed by atoms with Crippen molar-refractivity contribution in [1.82, 2.24) is 10.4 Å². The van der Waals surface area contributed by atoms with Gasteiger partial charge in [-0.1, -0.05) is 178 Å². The summed E-state index contributed by atoms with van der Waals surface area (Å²) in [4.78, 5) is 0. The third-order valence-electron chi connectivity index (χ3n) is 13.5. The Labute approximate surface area is 371 Å². The molecule has 0 heterocycles. The predicted octanol–water partition coefficient (Wildman–Crippen LogP) is 15.1. The topological polar surface area (TPSA) is 15.3 Å². The van der Waals surface area contributed by atoms with E-state index in [0.29, 0.717) is 0 Å². The van der Waals surface area contributed by atoms with Crippen LogP contribution in [0.15, 0.2) is 193 Å². The molecule has 3 atom stereocenters. The van der Waals surface area contributed by atoms with Crippen molar-refractivity contribution in [3.05, 3.63) is 249 Å². The molecule has 0 aromatic heterocycles. The molecule has 1 saturated carbocycles. The average Bonchev–Trinajstić information content (AvgIpc) is 3.54. The molecule has 0 spiro atoms. The molecule has 2 nitrogen and oxygen atoms in total. The van der Waals surface area contributed by atoms with Gasteiger partial charge in [0.2, 0.25) is 0 Å². The van der Waals surface area contributed by atoms with Crippen LogP contribution in [0.2, 0.25) is 0 Å². The molecule has 3 aliphatic carbocycles. The molecule has 3 aliphatic rings. The highest BCUT2D eigenvalue weighted by Crippen LogP contribution is 2.74. The fourth-order valence-corrected chi connectivity index (χ4v) is 10.6. The molecule has 1 N–H and O–H groups in total. The molecule has 2 heteroatoms. The number of nitrogens with zero attached hydrogens (tertiary/aromatic N) is 1. The molecule has 0 radical (unpaired) electrons. The molecule has 0 aliphatic heterocycles. The van der Waals surface area contributed by atoms with Crippen molar-refractivity contribution >= 4 is 23.8 Å². The summed E-state index contributed by atoms with van der Waals surface area (Å²) >= 11 is 0. The Kier molecular flexibility index (Phi) is 12.2. The van der Waals surface area contributed by atoms with E-state index in [4.69, 9.17) is 0 Å². The van der Waals surface area contributed by atoms with E-state index in [0.717, 1.165) is 24.1 Å². The van der Waals surface area contributed by atoms with Gasteiger partial charge in [0.05, 0.1) is 5.70 Å². The molecule has 5 aromatic carbocycles. The van der Waals surface area contributed by atoms with Crippen LogP contribution < -0.4 is 5.43 Å². The first-order valence-electron chi connectivity index (χ1n) is 22.3. The molecule has 0 bridgehead atoms. The molecule has 0 saturated heterocycles. The standard InChI is InChI=1S/C60H60N2/c1-10-22-51-41(12-3)25-20-32-52(51)43-27-18-29-46(36-43)58(53(23-11-2)57(15-6)62(9)61-8)47-35-34-45-39-56-59(54(45)38-47)60(56,55-33-21-26-42(55)13-4)48-30-19-28-44(37-48)49(14-5)50-31-17-16-24-40(50)7/h10-12,14-32,34-39,58-59,61H,3,6,13,33H2,1-2,4-5,7-9H3/b22-10-,23-11-,49-14-,57-53-. The molecule has 3 unspecified atom stereocenters. The number of allylic oxidation sites excluding steroid dienone is 11. The van der Waals surface area contributed by atoms with Crippen LogP contribution in [0.4, 0.5) is 0 Å². The highest BCUT2D eigenvalue weighted by molar-refractivity contribution is 5.88. The number of likely N-dealkylation sites (N-methyl/N-ethyl adjacent to an activating group) is 1. The Balaban J connectivity index is 1.31. The average molecular weight is 809 g/mol. The van der Waals surface area contributed by atoms with Gasteiger partial charge in [0.1, 0.15) is 0 Å². The Morgan fingerprint density at radius 1 is 0.887 bits per heavy atom. The van der Waals surface area contributed by atoms with Crippen molar-refractivity contribution in [1.29, 1.82) is 0 Å². The molecule has 0 amide bonds. The van der Waals surface area contributed by atoms with Crippen molar-refractivity contribution in [3.63, 3.8) is 0 Å². The second kappa shape index (κ2) is 17.9. The third-order valence-corrected chi connectivity index (χ3v) is 13.5. The minimum atomic E-state index is -0.184. The Hall–Kier alpha value is -6.48. The highest BCUT2D eigenvalue weighted by Gasteiger charge is 2.66. The van der Waals surface area contributed by atoms with Crippen LogP contribution >= 0.6 is 0 Å². The fourth-order valence-electron chi connectivity index (χ4n) is 10.6. The first-order valence-corrected chi connectivity index (χ1v) is 22.3. The number of fused-ring (bicyclic) bond motifs is 3. The van der Waals surface area contributed by atoms with Crippen LogP contribution in [-0.4, -0.2) is 19.1 Å². The normalized spacial score (nSPS) is 18.8. The maximum Gasteiger partial charge on any atom is 0.0551 e. The summed E-state index contributed by atoms with van der Waals surface area (Å²) in [6, 6.07) is 41.1. The molecule has 5 aromatic rings. The fraction of sp³-hybridized carbons (Fsp3) is 0.200. The Bertz CT molecular complexity index is 2790. The predicted molar refractivity (Wildman–Crippen MR) is 268 cm³/mol. The second-order valence-corrected chi connectivity index (χ2v) is 16.7. The lowest BCUT2D eigenvalue weighted by Crippen LogP contribution is -2.30. The zero-order chi connectivity index (χ0) is 43.5. The number of hydrogen-bond donors (Lipinski definition) is 1. The van der Waals surface area contributed by atoms with E-state index in [1.165, 1.54) is 83.5 Å². The molecule has 310 valence electrons. The van der Waals surface area contributed by atoms with Crippen LogP contribution in [-0.2, 0) is 5.41 Å². The van der Waals surface area contributed by atoms with Gasteiger partial charge in [0, 0.05) is 31.3 Å². The van der Waals surface area contributed by atoms with E-state index in [2.05, 4.69) is 223 Å². The maximum absolute atomic E-state index is 4.34. The minimum absolute atomic E-state index is 0.0848. The van der Waals surface area contributed by atoms with Crippen LogP contribution in [0.5, 0.6) is 0 Å². The lowest BCUT2D eigenvalue weighted by Gasteiger charge is -2.29. The Morgan fingerprint density at radius 3 is 2.40 bits per heavy atom. The summed E-state index contributed by atoms with van der Waals surface area (Å²) < 4.78 is 0. The van der Waals surface area contributed by atoms with Gasteiger partial charge < -0.3 is 5.01 Å². The van der Waals surface area contributed by atoms with Gasteiger partial charge in [-0.05, 0) is 147 Å². The molecular formula is C60H60N2. The zero-order valence-corrected chi connectivity index (χ0v) is 37.6. The number of hydrogen-bond acceptors (Lipinski definition) is 2. The van der Waals surface area contributed by atoms with Crippen molar-refractivity contribution < 1.29 is 0 Å². The van der Waals surface area contributed by atoms with E-state index in [9.17, 15) is 0 Å². The van der Waals surface area contributed by atoms with E-state index in [1.54, 1.807) is 5.57 Å². The van der Waals surface area contributed by atoms with Crippen molar-refractivity contribution in [3.8, 4) is 11.1 Å². The summed E-state index contributed by atoms with van der Waals surface area (Å²) in [7, 11) is 4.03. The summed E-state index contributed by atoms with van der Waals surface area (Å²) in [5, 5.41) is 2.07. The van der Waals surface area contributed by atoms with Gasteiger partial charge in [-0.2, -0.15) is 0 Å². The quantitative estimate of drug-likeness (QED) is 0.0837. The molecule has 1 fully saturated rings. The number of rotatable bonds is 15. The number of hydrazine groups is 1. The van der Waals surface area contributed by atoms with Crippen molar-refractivity contribution in [2.24, 2.45) is 0 Å². The lowest BCUT2D eigenvalue weighted by molar-refractivity contribution is 0.339. The van der Waals surface area contributed by atoms with Crippen molar-refractivity contribution in [2.75, 3.05) is 14.1 Å². The maximum atomic E-state index is 4.34. The van der Waals surface area contributed by atoms with E-state index in [1.807, 2.05) is 19.2 Å². The largest absolute Gasteiger partial charge is 0.311 e. The van der Waals surface area contributed by atoms with Gasteiger partial charge in [-0.3, -0.25) is 0 Å². The van der Waals surface area contributed by atoms with Gasteiger partial charge in [-0.15, -0.1) is 0 Å². The first kappa shape index (κ1) is 42.2. The molecule has 62 heavy (non-hydrogen) atoms. The van der Waals surface area contributed by atoms with Gasteiger partial charge in [-0.25, -0.2) is 5.43 Å². The molecular weight excluding hydrogens is 749 g/mol. The smallest absolute Gasteiger partial charge is 0.0551 e. The number of nitrogens with one attached hydrogen (secondary N) is 1. The highest BCUT2D eigenvalue weighted by atomic mass is 15.5. The van der Waals surface area contributed by atoms with E-state index >= 15 is 0 Å². The summed E-state index contributed by atoms with van der Waals surface area (Å²) in [6.07, 6.45) is 24.2. The van der Waals surface area contributed by atoms with Gasteiger partial charge >= 0.3 is 0 Å². The zero-order valence-electron chi connectivity index (χ0n) is 37.6. The number of benzene rings is 5. The lowest BCUT2D eigenvalue weighted by atomic mass is 9.76. The van der Waals surface area contributed by atoms with Gasteiger partial charge in [0.25, 0.3) is 0 Å². The summed E-state index contributed by atoms with van der Waals surface area (Å²) in [6.45, 7) is 19.4. The van der Waals surface area contributed by atoms with E-state index < -0.39 is 0 Å². The van der Waals surface area contributed by atoms with Crippen molar-refractivity contribution in [2.45, 2.75) is 64.7 Å². The van der Waals surface area contributed by atoms with Crippen LogP contribution in [0.3, 0.4) is 0 Å². The number of aryl methyl sites for hydroxylation is 1. The minimum Gasteiger partial charge on any atom is -0.311 e. The van der Waals surface area contributed by atoms with Crippen LogP contribution in [0.25, 0.3) is 34.9 Å². The summed E-state index contributed by atoms with van der Waals surface area (Å²) in [5.41, 5.74) is 26.4. The Morgan fingerprint density at radius 2 is 1.68 bits per heavy atom.